The van der Waals surface area contributed by atoms with Crippen molar-refractivity contribution < 1.29 is 13.2 Å². The van der Waals surface area contributed by atoms with Gasteiger partial charge in [0.1, 0.15) is 0 Å². The maximum absolute atomic E-state index is 11.7. The summed E-state index contributed by atoms with van der Waals surface area (Å²) >= 11 is 0. The molecule has 1 saturated heterocycles. The van der Waals surface area contributed by atoms with Gasteiger partial charge in [-0.1, -0.05) is 26.0 Å². The van der Waals surface area contributed by atoms with E-state index in [1.165, 1.54) is 5.56 Å². The summed E-state index contributed by atoms with van der Waals surface area (Å²) in [5.41, 5.74) is 1.17. The molecule has 1 fully saturated rings. The Hall–Kier alpha value is -0.870. The van der Waals surface area contributed by atoms with E-state index in [-0.39, 0.29) is 5.75 Å². The Morgan fingerprint density at radius 1 is 1.28 bits per heavy atom. The SMILES string of the molecule is CCS(=O)(=O)c1ccc(CC(C)C2OC2C)cc1. The second-order valence-electron chi connectivity index (χ2n) is 5.03. The highest BCUT2D eigenvalue weighted by atomic mass is 32.2. The molecule has 1 aromatic rings. The van der Waals surface area contributed by atoms with E-state index in [0.717, 1.165) is 6.42 Å². The zero-order chi connectivity index (χ0) is 13.3. The Labute approximate surface area is 109 Å². The van der Waals surface area contributed by atoms with Crippen LogP contribution in [-0.4, -0.2) is 26.4 Å². The summed E-state index contributed by atoms with van der Waals surface area (Å²) in [4.78, 5) is 0.414. The Bertz CT molecular complexity index is 504. The van der Waals surface area contributed by atoms with Crippen molar-refractivity contribution in [3.63, 3.8) is 0 Å². The van der Waals surface area contributed by atoms with Crippen LogP contribution >= 0.6 is 0 Å². The van der Waals surface area contributed by atoms with Gasteiger partial charge < -0.3 is 4.74 Å². The monoisotopic (exact) mass is 268 g/mol. The van der Waals surface area contributed by atoms with E-state index in [2.05, 4.69) is 13.8 Å². The number of ether oxygens (including phenoxy) is 1. The minimum absolute atomic E-state index is 0.149. The van der Waals surface area contributed by atoms with Gasteiger partial charge in [-0.05, 0) is 37.0 Å². The maximum Gasteiger partial charge on any atom is 0.178 e. The van der Waals surface area contributed by atoms with Crippen molar-refractivity contribution in [3.05, 3.63) is 29.8 Å². The standard InChI is InChI=1S/C14H20O3S/c1-4-18(15,16)13-7-5-12(6-8-13)9-10(2)14-11(3)17-14/h5-8,10-11,14H,4,9H2,1-3H3. The average molecular weight is 268 g/mol. The number of epoxide rings is 1. The van der Waals surface area contributed by atoms with E-state index in [4.69, 9.17) is 4.74 Å². The molecule has 1 aliphatic heterocycles. The fraction of sp³-hybridized carbons (Fsp3) is 0.571. The fourth-order valence-corrected chi connectivity index (χ4v) is 3.17. The number of sulfone groups is 1. The highest BCUT2D eigenvalue weighted by Crippen LogP contribution is 2.31. The van der Waals surface area contributed by atoms with Gasteiger partial charge in [0.25, 0.3) is 0 Å². The summed E-state index contributed by atoms with van der Waals surface area (Å²) in [6.45, 7) is 5.92. The second-order valence-corrected chi connectivity index (χ2v) is 7.31. The van der Waals surface area contributed by atoms with Crippen molar-refractivity contribution in [2.24, 2.45) is 5.92 Å². The van der Waals surface area contributed by atoms with Crippen LogP contribution in [0.3, 0.4) is 0 Å². The molecule has 0 aliphatic carbocycles. The molecule has 3 atom stereocenters. The summed E-state index contributed by atoms with van der Waals surface area (Å²) in [6, 6.07) is 7.23. The van der Waals surface area contributed by atoms with Gasteiger partial charge in [0.15, 0.2) is 9.84 Å². The van der Waals surface area contributed by atoms with Gasteiger partial charge in [-0.3, -0.25) is 0 Å². The first-order valence-corrected chi connectivity index (χ1v) is 8.06. The van der Waals surface area contributed by atoms with E-state index in [1.54, 1.807) is 19.1 Å². The van der Waals surface area contributed by atoms with Gasteiger partial charge >= 0.3 is 0 Å². The largest absolute Gasteiger partial charge is 0.370 e. The lowest BCUT2D eigenvalue weighted by Crippen LogP contribution is -2.09. The molecule has 0 bridgehead atoms. The highest BCUT2D eigenvalue weighted by molar-refractivity contribution is 7.91. The predicted octanol–water partition coefficient (Wildman–Crippen LogP) is 2.45. The molecule has 1 heterocycles. The molecule has 0 spiro atoms. The van der Waals surface area contributed by atoms with Crippen LogP contribution in [0.4, 0.5) is 0 Å². The van der Waals surface area contributed by atoms with E-state index < -0.39 is 9.84 Å². The van der Waals surface area contributed by atoms with Crippen LogP contribution < -0.4 is 0 Å². The van der Waals surface area contributed by atoms with Crippen LogP contribution in [0.25, 0.3) is 0 Å². The zero-order valence-electron chi connectivity index (χ0n) is 11.1. The molecule has 100 valence electrons. The summed E-state index contributed by atoms with van der Waals surface area (Å²) in [5.74, 6) is 0.629. The van der Waals surface area contributed by atoms with Crippen molar-refractivity contribution in [2.75, 3.05) is 5.75 Å². The lowest BCUT2D eigenvalue weighted by molar-refractivity contribution is 0.328. The third-order valence-corrected chi connectivity index (χ3v) is 5.29. The highest BCUT2D eigenvalue weighted by Gasteiger charge is 2.38. The first-order valence-electron chi connectivity index (χ1n) is 6.41. The van der Waals surface area contributed by atoms with E-state index in [9.17, 15) is 8.42 Å². The van der Waals surface area contributed by atoms with E-state index >= 15 is 0 Å². The van der Waals surface area contributed by atoms with Gasteiger partial charge in [0.2, 0.25) is 0 Å². The molecule has 0 saturated carbocycles. The first kappa shape index (κ1) is 13.6. The summed E-state index contributed by atoms with van der Waals surface area (Å²) < 4.78 is 28.8. The van der Waals surface area contributed by atoms with Crippen LogP contribution in [0.1, 0.15) is 26.3 Å². The Morgan fingerprint density at radius 3 is 2.28 bits per heavy atom. The normalized spacial score (nSPS) is 24.8. The lowest BCUT2D eigenvalue weighted by atomic mass is 9.97. The molecular weight excluding hydrogens is 248 g/mol. The van der Waals surface area contributed by atoms with Crippen LogP contribution in [0.2, 0.25) is 0 Å². The molecule has 18 heavy (non-hydrogen) atoms. The molecule has 3 nitrogen and oxygen atoms in total. The first-order chi connectivity index (χ1) is 8.44. The second kappa shape index (κ2) is 5.02. The zero-order valence-corrected chi connectivity index (χ0v) is 11.9. The Kier molecular flexibility index (Phi) is 3.78. The molecule has 0 amide bonds. The Morgan fingerprint density at radius 2 is 1.83 bits per heavy atom. The van der Waals surface area contributed by atoms with E-state index in [0.29, 0.717) is 23.0 Å². The number of benzene rings is 1. The predicted molar refractivity (Wildman–Crippen MR) is 71.4 cm³/mol. The van der Waals surface area contributed by atoms with Crippen LogP contribution in [0.5, 0.6) is 0 Å². The molecule has 2 rings (SSSR count). The van der Waals surface area contributed by atoms with Crippen molar-refractivity contribution in [2.45, 2.75) is 44.3 Å². The third kappa shape index (κ3) is 2.93. The Balaban J connectivity index is 2.04. The summed E-state index contributed by atoms with van der Waals surface area (Å²) in [7, 11) is -3.08. The quantitative estimate of drug-likeness (QED) is 0.771. The van der Waals surface area contributed by atoms with Crippen molar-refractivity contribution in [1.82, 2.24) is 0 Å². The average Bonchev–Trinajstić information content (AvgIpc) is 3.07. The molecule has 3 unspecified atom stereocenters. The van der Waals surface area contributed by atoms with Crippen LogP contribution in [0.15, 0.2) is 29.2 Å². The maximum atomic E-state index is 11.7. The van der Waals surface area contributed by atoms with Crippen molar-refractivity contribution in [1.29, 1.82) is 0 Å². The minimum Gasteiger partial charge on any atom is -0.370 e. The molecule has 0 aromatic heterocycles. The summed E-state index contributed by atoms with van der Waals surface area (Å²) in [6.07, 6.45) is 1.67. The molecule has 0 N–H and O–H groups in total. The fourth-order valence-electron chi connectivity index (χ4n) is 2.29. The molecule has 1 aromatic carbocycles. The van der Waals surface area contributed by atoms with Gasteiger partial charge in [-0.2, -0.15) is 0 Å². The van der Waals surface area contributed by atoms with Crippen molar-refractivity contribution in [3.8, 4) is 0 Å². The number of rotatable bonds is 5. The lowest BCUT2D eigenvalue weighted by Gasteiger charge is -2.09. The summed E-state index contributed by atoms with van der Waals surface area (Å²) in [5, 5.41) is 0. The van der Waals surface area contributed by atoms with E-state index in [1.807, 2.05) is 12.1 Å². The van der Waals surface area contributed by atoms with Crippen LogP contribution in [0, 0.1) is 5.92 Å². The molecule has 0 radical (unpaired) electrons. The van der Waals surface area contributed by atoms with Gasteiger partial charge in [-0.25, -0.2) is 8.42 Å². The smallest absolute Gasteiger partial charge is 0.178 e. The minimum atomic E-state index is -3.08. The topological polar surface area (TPSA) is 46.7 Å². The number of hydrogen-bond acceptors (Lipinski definition) is 3. The van der Waals surface area contributed by atoms with Crippen molar-refractivity contribution >= 4 is 9.84 Å². The van der Waals surface area contributed by atoms with Crippen LogP contribution in [-0.2, 0) is 21.0 Å². The van der Waals surface area contributed by atoms with Gasteiger partial charge in [0, 0.05) is 0 Å². The number of hydrogen-bond donors (Lipinski definition) is 0. The molecule has 4 heteroatoms. The molecular formula is C14H20O3S. The third-order valence-electron chi connectivity index (χ3n) is 3.54. The molecule has 1 aliphatic rings. The van der Waals surface area contributed by atoms with Gasteiger partial charge in [-0.15, -0.1) is 0 Å². The van der Waals surface area contributed by atoms with Gasteiger partial charge in [0.05, 0.1) is 22.9 Å².